The standard InChI is InChI=1S/C8H7N2OS2/c11-10-7(5-12)6-13-8-3-1-2-4-9-8/h1-4,11H,6H2. The van der Waals surface area contributed by atoms with E-state index in [9.17, 15) is 0 Å². The Bertz CT molecular complexity index is 300. The summed E-state index contributed by atoms with van der Waals surface area (Å²) in [7, 11) is 0. The Morgan fingerprint density at radius 3 is 3.08 bits per heavy atom. The Morgan fingerprint density at radius 1 is 1.69 bits per heavy atom. The summed E-state index contributed by atoms with van der Waals surface area (Å²) in [6.45, 7) is 0. The average Bonchev–Trinajstić information content (AvgIpc) is 2.21. The van der Waals surface area contributed by atoms with Crippen molar-refractivity contribution < 1.29 is 5.21 Å². The fourth-order valence-electron chi connectivity index (χ4n) is 0.654. The van der Waals surface area contributed by atoms with Gasteiger partial charge in [0, 0.05) is 11.9 Å². The summed E-state index contributed by atoms with van der Waals surface area (Å²) in [6, 6.07) is 5.62. The van der Waals surface area contributed by atoms with E-state index in [1.807, 2.05) is 18.2 Å². The third-order valence-corrected chi connectivity index (χ3v) is 2.42. The molecular formula is C8H7N2OS2. The van der Waals surface area contributed by atoms with Crippen LogP contribution in [0.25, 0.3) is 0 Å². The van der Waals surface area contributed by atoms with Crippen LogP contribution in [0, 0.1) is 0 Å². The molecule has 1 heterocycles. The van der Waals surface area contributed by atoms with E-state index in [0.29, 0.717) is 11.5 Å². The van der Waals surface area contributed by atoms with Crippen LogP contribution in [0.2, 0.25) is 0 Å². The SMILES string of the molecule is ON=C([C]=S)CSc1ccccn1. The van der Waals surface area contributed by atoms with Gasteiger partial charge in [-0.05, 0) is 12.1 Å². The van der Waals surface area contributed by atoms with Gasteiger partial charge in [-0.1, -0.05) is 35.2 Å². The van der Waals surface area contributed by atoms with Gasteiger partial charge in [0.1, 0.15) is 5.71 Å². The number of rotatable bonds is 4. The lowest BCUT2D eigenvalue weighted by Gasteiger charge is -1.97. The van der Waals surface area contributed by atoms with Gasteiger partial charge in [0.05, 0.1) is 10.4 Å². The molecule has 1 radical (unpaired) electrons. The number of nitrogens with zero attached hydrogens (tertiary/aromatic N) is 2. The molecule has 1 rings (SSSR count). The minimum Gasteiger partial charge on any atom is -0.411 e. The Labute approximate surface area is 85.9 Å². The Morgan fingerprint density at radius 2 is 2.54 bits per heavy atom. The average molecular weight is 211 g/mol. The van der Waals surface area contributed by atoms with Gasteiger partial charge < -0.3 is 5.21 Å². The second kappa shape index (κ2) is 5.66. The minimum atomic E-state index is 0.352. The molecule has 0 aliphatic heterocycles. The zero-order valence-electron chi connectivity index (χ0n) is 6.67. The van der Waals surface area contributed by atoms with Crippen molar-refractivity contribution in [1.82, 2.24) is 4.98 Å². The molecule has 0 unspecified atom stereocenters. The first-order valence-electron chi connectivity index (χ1n) is 3.49. The van der Waals surface area contributed by atoms with Gasteiger partial charge in [0.15, 0.2) is 0 Å². The summed E-state index contributed by atoms with van der Waals surface area (Å²) in [5.74, 6) is 0.483. The predicted molar refractivity (Wildman–Crippen MR) is 56.8 cm³/mol. The molecule has 0 fully saturated rings. The van der Waals surface area contributed by atoms with Crippen molar-refractivity contribution >= 4 is 35.1 Å². The van der Waals surface area contributed by atoms with Crippen LogP contribution in [0.5, 0.6) is 0 Å². The first-order chi connectivity index (χ1) is 6.36. The van der Waals surface area contributed by atoms with Gasteiger partial charge in [0.25, 0.3) is 0 Å². The highest BCUT2D eigenvalue weighted by Gasteiger charge is 1.98. The van der Waals surface area contributed by atoms with E-state index in [4.69, 9.17) is 5.21 Å². The van der Waals surface area contributed by atoms with Gasteiger partial charge in [0.2, 0.25) is 0 Å². The molecule has 1 aromatic heterocycles. The number of thiocarbonyl (C=S) groups is 1. The molecule has 1 N–H and O–H groups in total. The maximum Gasteiger partial charge on any atom is 0.109 e. The third kappa shape index (κ3) is 3.52. The van der Waals surface area contributed by atoms with Crippen LogP contribution < -0.4 is 0 Å². The molecule has 67 valence electrons. The van der Waals surface area contributed by atoms with Crippen LogP contribution in [-0.2, 0) is 0 Å². The molecule has 13 heavy (non-hydrogen) atoms. The van der Waals surface area contributed by atoms with Crippen LogP contribution in [0.15, 0.2) is 34.6 Å². The number of aromatic nitrogens is 1. The fraction of sp³-hybridized carbons (Fsp3) is 0.125. The van der Waals surface area contributed by atoms with Crippen molar-refractivity contribution in [2.24, 2.45) is 5.16 Å². The molecule has 0 amide bonds. The molecule has 0 saturated carbocycles. The monoisotopic (exact) mass is 211 g/mol. The van der Waals surface area contributed by atoms with Gasteiger partial charge in [-0.25, -0.2) is 4.98 Å². The summed E-state index contributed by atoms with van der Waals surface area (Å²) in [4.78, 5) is 4.08. The zero-order chi connectivity index (χ0) is 9.52. The second-order valence-electron chi connectivity index (χ2n) is 2.11. The van der Waals surface area contributed by atoms with Crippen molar-refractivity contribution in [1.29, 1.82) is 0 Å². The van der Waals surface area contributed by atoms with Crippen LogP contribution in [0.1, 0.15) is 0 Å². The molecular weight excluding hydrogens is 204 g/mol. The van der Waals surface area contributed by atoms with Crippen molar-refractivity contribution in [3.63, 3.8) is 0 Å². The summed E-state index contributed by atoms with van der Waals surface area (Å²) >= 11 is 5.96. The molecule has 5 heteroatoms. The van der Waals surface area contributed by atoms with Crippen molar-refractivity contribution in [2.45, 2.75) is 5.03 Å². The lowest BCUT2D eigenvalue weighted by Crippen LogP contribution is -2.01. The molecule has 0 aromatic carbocycles. The Balaban J connectivity index is 2.48. The van der Waals surface area contributed by atoms with Crippen LogP contribution in [0.3, 0.4) is 0 Å². The number of oxime groups is 1. The number of pyridine rings is 1. The van der Waals surface area contributed by atoms with Crippen molar-refractivity contribution in [3.8, 4) is 0 Å². The molecule has 0 atom stereocenters. The molecule has 0 aliphatic rings. The summed E-state index contributed by atoms with van der Waals surface area (Å²) in [6.07, 6.45) is 1.71. The van der Waals surface area contributed by atoms with Gasteiger partial charge in [-0.2, -0.15) is 0 Å². The van der Waals surface area contributed by atoms with Gasteiger partial charge >= 0.3 is 0 Å². The van der Waals surface area contributed by atoms with Crippen molar-refractivity contribution in [3.05, 3.63) is 24.4 Å². The van der Waals surface area contributed by atoms with Crippen LogP contribution in [-0.4, -0.2) is 27.0 Å². The van der Waals surface area contributed by atoms with Crippen LogP contribution in [0.4, 0.5) is 0 Å². The first-order valence-corrected chi connectivity index (χ1v) is 4.89. The summed E-state index contributed by atoms with van der Waals surface area (Å²) in [5, 5.41) is 14.6. The highest BCUT2D eigenvalue weighted by Crippen LogP contribution is 2.13. The molecule has 1 aromatic rings. The van der Waals surface area contributed by atoms with E-state index < -0.39 is 0 Å². The van der Waals surface area contributed by atoms with Crippen LogP contribution >= 0.6 is 24.0 Å². The van der Waals surface area contributed by atoms with E-state index >= 15 is 0 Å². The second-order valence-corrected chi connectivity index (χ2v) is 3.31. The first kappa shape index (κ1) is 10.1. The number of thioether (sulfide) groups is 1. The fourth-order valence-corrected chi connectivity index (χ4v) is 1.58. The molecule has 3 nitrogen and oxygen atoms in total. The highest BCUT2D eigenvalue weighted by molar-refractivity contribution is 8.00. The molecule has 0 bridgehead atoms. The van der Waals surface area contributed by atoms with E-state index in [1.165, 1.54) is 11.8 Å². The topological polar surface area (TPSA) is 45.5 Å². The number of hydrogen-bond donors (Lipinski definition) is 1. The molecule has 0 spiro atoms. The third-order valence-electron chi connectivity index (χ3n) is 1.23. The number of hydrogen-bond acceptors (Lipinski definition) is 5. The lowest BCUT2D eigenvalue weighted by atomic mass is 10.5. The smallest absolute Gasteiger partial charge is 0.109 e. The normalized spacial score (nSPS) is 11.2. The van der Waals surface area contributed by atoms with Gasteiger partial charge in [-0.3, -0.25) is 0 Å². The maximum atomic E-state index is 8.43. The lowest BCUT2D eigenvalue weighted by molar-refractivity contribution is 0.320. The van der Waals surface area contributed by atoms with Gasteiger partial charge in [-0.15, -0.1) is 0 Å². The minimum absolute atomic E-state index is 0.352. The quantitative estimate of drug-likeness (QED) is 0.271. The van der Waals surface area contributed by atoms with E-state index in [2.05, 4.69) is 27.7 Å². The van der Waals surface area contributed by atoms with E-state index in [1.54, 1.807) is 6.20 Å². The molecule has 0 saturated heterocycles. The maximum absolute atomic E-state index is 8.43. The van der Waals surface area contributed by atoms with E-state index in [-0.39, 0.29) is 0 Å². The zero-order valence-corrected chi connectivity index (χ0v) is 8.31. The van der Waals surface area contributed by atoms with E-state index in [0.717, 1.165) is 5.03 Å². The largest absolute Gasteiger partial charge is 0.411 e. The van der Waals surface area contributed by atoms with Crippen molar-refractivity contribution in [2.75, 3.05) is 5.75 Å². The predicted octanol–water partition coefficient (Wildman–Crippen LogP) is 1.88. The molecule has 0 aliphatic carbocycles. The summed E-state index contributed by atoms with van der Waals surface area (Å²) in [5.41, 5.74) is 0.352. The Hall–Kier alpha value is -0.940. The summed E-state index contributed by atoms with van der Waals surface area (Å²) < 4.78 is 0. The highest BCUT2D eigenvalue weighted by atomic mass is 32.2. The Kier molecular flexibility index (Phi) is 4.42.